The van der Waals surface area contributed by atoms with E-state index in [0.29, 0.717) is 0 Å². The van der Waals surface area contributed by atoms with Crippen molar-refractivity contribution < 1.29 is 0 Å². The Morgan fingerprint density at radius 1 is 0.426 bits per heavy atom. The van der Waals surface area contributed by atoms with Crippen molar-refractivity contribution in [2.45, 2.75) is 5.41 Å². The van der Waals surface area contributed by atoms with Crippen LogP contribution in [0.1, 0.15) is 22.3 Å². The molecule has 2 aliphatic heterocycles. The Morgan fingerprint density at radius 3 is 1.85 bits per heavy atom. The highest BCUT2D eigenvalue weighted by molar-refractivity contribution is 6.74. The number of fused-ring (bicyclic) bond motifs is 17. The van der Waals surface area contributed by atoms with E-state index in [2.05, 4.69) is 193 Å². The molecule has 0 unspecified atom stereocenters. The third-order valence-corrected chi connectivity index (χ3v) is 12.6. The number of nitrogens with zero attached hydrogens (tertiary/aromatic N) is 1. The molecule has 2 nitrogen and oxygen atoms in total. The first kappa shape index (κ1) is 28.7. The second-order valence-electron chi connectivity index (χ2n) is 15.1. The van der Waals surface area contributed by atoms with Crippen LogP contribution in [0.3, 0.4) is 0 Å². The van der Waals surface area contributed by atoms with Gasteiger partial charge in [0.15, 0.2) is 7.28 Å². The smallest absolute Gasteiger partial charge is 0.197 e. The van der Waals surface area contributed by atoms with Gasteiger partial charge in [-0.3, -0.25) is 0 Å². The number of aromatic amines is 1. The summed E-state index contributed by atoms with van der Waals surface area (Å²) in [6.07, 6.45) is 0. The number of H-pyrrole nitrogens is 1. The summed E-state index contributed by atoms with van der Waals surface area (Å²) in [6.45, 7) is 0. The lowest BCUT2D eigenvalue weighted by Gasteiger charge is -2.48. The quantitative estimate of drug-likeness (QED) is 0.171. The van der Waals surface area contributed by atoms with Gasteiger partial charge < -0.3 is 9.88 Å². The second-order valence-corrected chi connectivity index (χ2v) is 15.1. The van der Waals surface area contributed by atoms with Crippen LogP contribution in [0.4, 0.5) is 17.1 Å². The van der Waals surface area contributed by atoms with Gasteiger partial charge in [0, 0.05) is 38.6 Å². The molecule has 0 amide bonds. The average Bonchev–Trinajstić information content (AvgIpc) is 3.74. The normalized spacial score (nSPS) is 14.2. The fourth-order valence-electron chi connectivity index (χ4n) is 10.5. The zero-order valence-corrected chi connectivity index (χ0v) is 29.3. The Balaban J connectivity index is 1.14. The Morgan fingerprint density at radius 2 is 1.04 bits per heavy atom. The van der Waals surface area contributed by atoms with Crippen LogP contribution in [0, 0.1) is 0 Å². The van der Waals surface area contributed by atoms with Gasteiger partial charge in [-0.25, -0.2) is 0 Å². The van der Waals surface area contributed by atoms with E-state index in [4.69, 9.17) is 0 Å². The lowest BCUT2D eigenvalue weighted by molar-refractivity contribution is 0.754. The van der Waals surface area contributed by atoms with Crippen molar-refractivity contribution >= 4 is 78.6 Å². The van der Waals surface area contributed by atoms with Crippen molar-refractivity contribution in [1.29, 1.82) is 0 Å². The Bertz CT molecular complexity index is 3230. The predicted octanol–water partition coefficient (Wildman–Crippen LogP) is 11.4. The molecule has 0 fully saturated rings. The highest BCUT2D eigenvalue weighted by Crippen LogP contribution is 2.63. The number of hydrogen-bond acceptors (Lipinski definition) is 1. The minimum absolute atomic E-state index is 0.441. The van der Waals surface area contributed by atoms with Gasteiger partial charge in [0.25, 0.3) is 0 Å². The molecule has 247 valence electrons. The van der Waals surface area contributed by atoms with E-state index in [1.807, 2.05) is 0 Å². The molecule has 1 aromatic heterocycles. The number of benzene rings is 9. The summed E-state index contributed by atoms with van der Waals surface area (Å²) in [4.78, 5) is 6.50. The number of anilines is 3. The molecule has 1 aliphatic carbocycles. The first-order chi connectivity index (χ1) is 26.8. The fraction of sp³-hybridized carbons (Fsp3) is 0.0196. The number of hydrogen-bond donors (Lipinski definition) is 1. The molecule has 10 aromatic rings. The van der Waals surface area contributed by atoms with Crippen LogP contribution in [0.5, 0.6) is 0 Å². The van der Waals surface area contributed by atoms with Crippen LogP contribution in [-0.4, -0.2) is 12.3 Å². The molecule has 13 rings (SSSR count). The molecule has 1 spiro atoms. The van der Waals surface area contributed by atoms with Crippen LogP contribution < -0.4 is 15.8 Å². The summed E-state index contributed by atoms with van der Waals surface area (Å²) in [7, 11) is 2.47. The molecule has 0 bridgehead atoms. The van der Waals surface area contributed by atoms with E-state index in [9.17, 15) is 0 Å². The molecule has 0 saturated carbocycles. The summed E-state index contributed by atoms with van der Waals surface area (Å²) in [5, 5.41) is 7.49. The fourth-order valence-corrected chi connectivity index (χ4v) is 10.5. The van der Waals surface area contributed by atoms with Crippen LogP contribution in [0.15, 0.2) is 176 Å². The highest BCUT2D eigenvalue weighted by atomic mass is 15.2. The largest absolute Gasteiger partial charge is 0.354 e. The summed E-state index contributed by atoms with van der Waals surface area (Å²) >= 11 is 0. The van der Waals surface area contributed by atoms with Gasteiger partial charge in [-0.2, -0.15) is 0 Å². The first-order valence-electron chi connectivity index (χ1n) is 18.9. The lowest BCUT2D eigenvalue weighted by Crippen LogP contribution is -2.47. The van der Waals surface area contributed by atoms with Crippen LogP contribution in [0.25, 0.3) is 65.6 Å². The van der Waals surface area contributed by atoms with Gasteiger partial charge in [-0.1, -0.05) is 157 Å². The second kappa shape index (κ2) is 10.2. The van der Waals surface area contributed by atoms with Crippen LogP contribution in [0.2, 0.25) is 0 Å². The van der Waals surface area contributed by atoms with Gasteiger partial charge in [0.2, 0.25) is 0 Å². The predicted molar refractivity (Wildman–Crippen MR) is 227 cm³/mol. The maximum atomic E-state index is 3.90. The number of rotatable bonds is 1. The minimum Gasteiger partial charge on any atom is -0.354 e. The average molecular weight is 682 g/mol. The Labute approximate surface area is 313 Å². The van der Waals surface area contributed by atoms with Gasteiger partial charge in [0.1, 0.15) is 0 Å². The van der Waals surface area contributed by atoms with Crippen molar-refractivity contribution in [2.75, 3.05) is 4.90 Å². The Hall–Kier alpha value is -6.84. The molecule has 1 radical (unpaired) electrons. The number of nitrogens with one attached hydrogen (secondary N) is 1. The van der Waals surface area contributed by atoms with Crippen LogP contribution >= 0.6 is 0 Å². The van der Waals surface area contributed by atoms with E-state index in [0.717, 1.165) is 5.52 Å². The van der Waals surface area contributed by atoms with E-state index in [1.54, 1.807) is 0 Å². The van der Waals surface area contributed by atoms with Gasteiger partial charge >= 0.3 is 0 Å². The van der Waals surface area contributed by atoms with Gasteiger partial charge in [-0.15, -0.1) is 0 Å². The zero-order valence-electron chi connectivity index (χ0n) is 29.3. The minimum atomic E-state index is -0.441. The molecule has 3 aliphatic rings. The molecule has 0 atom stereocenters. The molecule has 9 aromatic carbocycles. The third-order valence-electron chi connectivity index (χ3n) is 12.6. The van der Waals surface area contributed by atoms with E-state index < -0.39 is 5.41 Å². The topological polar surface area (TPSA) is 19.0 Å². The molecule has 3 heteroatoms. The third kappa shape index (κ3) is 3.43. The lowest BCUT2D eigenvalue weighted by atomic mass is 9.54. The monoisotopic (exact) mass is 681 g/mol. The summed E-state index contributed by atoms with van der Waals surface area (Å²) < 4.78 is 0. The van der Waals surface area contributed by atoms with Crippen molar-refractivity contribution in [3.8, 4) is 22.3 Å². The van der Waals surface area contributed by atoms with E-state index in [1.165, 1.54) is 110 Å². The van der Waals surface area contributed by atoms with Crippen molar-refractivity contribution in [3.63, 3.8) is 0 Å². The molecular formula is C51H30BN2. The Kier molecular flexibility index (Phi) is 5.42. The van der Waals surface area contributed by atoms with Crippen molar-refractivity contribution in [2.24, 2.45) is 0 Å². The van der Waals surface area contributed by atoms with Crippen molar-refractivity contribution in [1.82, 2.24) is 4.98 Å². The number of aromatic nitrogens is 1. The summed E-state index contributed by atoms with van der Waals surface area (Å²) in [5.74, 6) is 0. The maximum absolute atomic E-state index is 3.90. The molecular weight excluding hydrogens is 651 g/mol. The number of para-hydroxylation sites is 3. The molecule has 54 heavy (non-hydrogen) atoms. The molecule has 0 saturated heterocycles. The van der Waals surface area contributed by atoms with E-state index in [-0.39, 0.29) is 0 Å². The van der Waals surface area contributed by atoms with Crippen LogP contribution in [-0.2, 0) is 5.41 Å². The van der Waals surface area contributed by atoms with E-state index >= 15 is 0 Å². The zero-order chi connectivity index (χ0) is 35.1. The first-order valence-corrected chi connectivity index (χ1v) is 18.9. The maximum Gasteiger partial charge on any atom is 0.197 e. The highest BCUT2D eigenvalue weighted by Gasteiger charge is 2.53. The summed E-state index contributed by atoms with van der Waals surface area (Å²) in [6, 6.07) is 65.7. The van der Waals surface area contributed by atoms with Gasteiger partial charge in [-0.05, 0) is 84.8 Å². The van der Waals surface area contributed by atoms with Gasteiger partial charge in [0.05, 0.1) is 16.6 Å². The summed E-state index contributed by atoms with van der Waals surface area (Å²) in [5.41, 5.74) is 18.6. The van der Waals surface area contributed by atoms with Crippen molar-refractivity contribution in [3.05, 3.63) is 198 Å². The molecule has 1 N–H and O–H groups in total. The molecule has 3 heterocycles. The standard InChI is InChI=1S/C51H30BN2/c1-2-14-31-29-45-38(27-30(31)13-1)36-19-11-20-37(48(36)53-45)39-28-32-15-3-4-16-33(32)49-47(39)52-44-25-12-24-43-50(44)54(49)46-26-10-9-23-42(46)51(43)40-21-7-5-17-34(40)35-18-6-8-22-41(35)51/h1-29,53H. The SMILES string of the molecule is [B]1c2cccc3c2N(c2ccccc2C32c3ccccc3-c3ccccc32)c2c1c(-c1cccc3c1[nH]c1cc4ccccc4cc13)cc1ccccc21.